The second kappa shape index (κ2) is 8.49. The van der Waals surface area contributed by atoms with Gasteiger partial charge in [0.2, 0.25) is 0 Å². The minimum Gasteiger partial charge on any atom is -0.282 e. The highest BCUT2D eigenvalue weighted by molar-refractivity contribution is 7.86. The number of anilines is 2. The van der Waals surface area contributed by atoms with Crippen LogP contribution < -0.4 is 10.0 Å². The summed E-state index contributed by atoms with van der Waals surface area (Å²) in [5.74, 6) is -2.14. The lowest BCUT2D eigenvalue weighted by Crippen LogP contribution is -2.28. The van der Waals surface area contributed by atoms with Crippen LogP contribution in [-0.2, 0) is 29.8 Å². The first-order valence-electron chi connectivity index (χ1n) is 9.93. The molecule has 35 heavy (non-hydrogen) atoms. The van der Waals surface area contributed by atoms with Gasteiger partial charge in [0.05, 0.1) is 44.1 Å². The smallest absolute Gasteiger partial charge is 0.282 e. The monoisotopic (exact) mass is 518 g/mol. The number of rotatable bonds is 5. The summed E-state index contributed by atoms with van der Waals surface area (Å²) in [7, 11) is -8.99. The fraction of sp³-hybridized carbons (Fsp3) is 0.143. The van der Waals surface area contributed by atoms with Crippen molar-refractivity contribution in [3.8, 4) is 0 Å². The highest BCUT2D eigenvalue weighted by Crippen LogP contribution is 2.30. The normalized spacial score (nSPS) is 20.0. The lowest BCUT2D eigenvalue weighted by molar-refractivity contribution is -0.118. The number of hydrogen-bond donors (Lipinski definition) is 2. The first kappa shape index (κ1) is 24.4. The maximum atomic E-state index is 13.1. The summed E-state index contributed by atoms with van der Waals surface area (Å²) in [6.07, 6.45) is 1.38. The molecular formula is C21H18N4O8S2. The Balaban J connectivity index is 1.64. The summed E-state index contributed by atoms with van der Waals surface area (Å²) in [4.78, 5) is 25.3. The number of benzene rings is 2. The van der Waals surface area contributed by atoms with Crippen molar-refractivity contribution in [2.45, 2.75) is 23.6 Å². The molecule has 2 aromatic rings. The van der Waals surface area contributed by atoms with Crippen molar-refractivity contribution in [2.24, 2.45) is 16.1 Å². The Morgan fingerprint density at radius 3 is 1.86 bits per heavy atom. The molecule has 0 aliphatic carbocycles. The molecule has 0 fully saturated rings. The van der Waals surface area contributed by atoms with Gasteiger partial charge in [0.1, 0.15) is 0 Å². The summed E-state index contributed by atoms with van der Waals surface area (Å²) >= 11 is 0. The highest BCUT2D eigenvalue weighted by atomic mass is 32.2. The van der Waals surface area contributed by atoms with Gasteiger partial charge in [-0.1, -0.05) is 18.2 Å². The van der Waals surface area contributed by atoms with Gasteiger partial charge in [0.25, 0.3) is 32.1 Å². The van der Waals surface area contributed by atoms with Crippen LogP contribution in [-0.4, -0.2) is 49.2 Å². The van der Waals surface area contributed by atoms with E-state index < -0.39 is 47.8 Å². The quantitative estimate of drug-likeness (QED) is 0.445. The lowest BCUT2D eigenvalue weighted by atomic mass is 9.98. The van der Waals surface area contributed by atoms with Gasteiger partial charge < -0.3 is 0 Å². The van der Waals surface area contributed by atoms with Crippen LogP contribution in [0.1, 0.15) is 13.8 Å². The Morgan fingerprint density at radius 2 is 1.34 bits per heavy atom. The summed E-state index contributed by atoms with van der Waals surface area (Å²) in [6.45, 7) is 3.10. The second-order valence-electron chi connectivity index (χ2n) is 7.70. The average Bonchev–Trinajstić information content (AvgIpc) is 3.23. The molecule has 4 rings (SSSR count). The molecule has 1 unspecified atom stereocenters. The number of amides is 2. The van der Waals surface area contributed by atoms with Gasteiger partial charge in [-0.15, -0.1) is 0 Å². The second-order valence-corrected chi connectivity index (χ2v) is 10.5. The SMILES string of the molecule is CC1=NN(c2cccc(S(=O)(=O)O)c2)C(=O)C1=CC1C(=O)N(c2cccc(S(=O)(=O)O)c2)N=C1C. The van der Waals surface area contributed by atoms with Crippen molar-refractivity contribution in [2.75, 3.05) is 10.0 Å². The molecule has 0 spiro atoms. The molecule has 182 valence electrons. The minimum atomic E-state index is -4.50. The molecule has 14 heteroatoms. The fourth-order valence-electron chi connectivity index (χ4n) is 3.56. The van der Waals surface area contributed by atoms with Gasteiger partial charge in [-0.2, -0.15) is 37.1 Å². The third-order valence-corrected chi connectivity index (χ3v) is 7.00. The van der Waals surface area contributed by atoms with Crippen molar-refractivity contribution >= 4 is 54.8 Å². The molecule has 2 aliphatic heterocycles. The van der Waals surface area contributed by atoms with Crippen molar-refractivity contribution in [1.29, 1.82) is 0 Å². The maximum absolute atomic E-state index is 13.1. The minimum absolute atomic E-state index is 0.0868. The topological polar surface area (TPSA) is 174 Å². The van der Waals surface area contributed by atoms with Gasteiger partial charge in [-0.3, -0.25) is 18.7 Å². The van der Waals surface area contributed by atoms with Crippen LogP contribution in [0.5, 0.6) is 0 Å². The molecule has 2 heterocycles. The number of carbonyl (C=O) groups excluding carboxylic acids is 2. The molecule has 2 N–H and O–H groups in total. The van der Waals surface area contributed by atoms with Crippen molar-refractivity contribution < 1.29 is 35.5 Å². The van der Waals surface area contributed by atoms with Crippen molar-refractivity contribution in [1.82, 2.24) is 0 Å². The third-order valence-electron chi connectivity index (χ3n) is 5.30. The number of carbonyl (C=O) groups is 2. The van der Waals surface area contributed by atoms with E-state index >= 15 is 0 Å². The molecular weight excluding hydrogens is 500 g/mol. The Labute approximate surface area is 200 Å². The zero-order chi connectivity index (χ0) is 25.7. The van der Waals surface area contributed by atoms with Crippen LogP contribution in [0.3, 0.4) is 0 Å². The zero-order valence-corrected chi connectivity index (χ0v) is 19.9. The van der Waals surface area contributed by atoms with Crippen molar-refractivity contribution in [3.05, 3.63) is 60.2 Å². The van der Waals surface area contributed by atoms with Crippen LogP contribution in [0.15, 0.2) is 80.2 Å². The Morgan fingerprint density at radius 1 is 0.829 bits per heavy atom. The molecule has 2 aliphatic rings. The molecule has 0 aromatic heterocycles. The van der Waals surface area contributed by atoms with Crippen LogP contribution in [0.4, 0.5) is 11.4 Å². The Kier molecular flexibility index (Phi) is 5.92. The first-order chi connectivity index (χ1) is 16.3. The largest absolute Gasteiger partial charge is 0.294 e. The van der Waals surface area contributed by atoms with Crippen LogP contribution in [0.25, 0.3) is 0 Å². The molecule has 0 saturated heterocycles. The standard InChI is InChI=1S/C21H18N4O8S2/c1-12-18(20(26)24(22-12)14-5-3-7-16(9-14)34(28,29)30)11-19-13(2)23-25(21(19)27)15-6-4-8-17(10-15)35(31,32)33/h3-11,18H,1-2H3,(H,28,29,30)(H,31,32,33). The van der Waals surface area contributed by atoms with E-state index in [9.17, 15) is 35.5 Å². The van der Waals surface area contributed by atoms with Gasteiger partial charge in [0.15, 0.2) is 0 Å². The lowest BCUT2D eigenvalue weighted by Gasteiger charge is -2.14. The third kappa shape index (κ3) is 4.64. The number of nitrogens with zero attached hydrogens (tertiary/aromatic N) is 4. The van der Waals surface area contributed by atoms with E-state index in [-0.39, 0.29) is 22.7 Å². The summed E-state index contributed by atoms with van der Waals surface area (Å²) in [6, 6.07) is 10.1. The van der Waals surface area contributed by atoms with E-state index in [0.29, 0.717) is 5.71 Å². The van der Waals surface area contributed by atoms with Crippen LogP contribution in [0, 0.1) is 5.92 Å². The van der Waals surface area contributed by atoms with Gasteiger partial charge in [-0.05, 0) is 50.2 Å². The number of hydrazone groups is 2. The van der Waals surface area contributed by atoms with E-state index in [0.717, 1.165) is 34.3 Å². The first-order valence-corrected chi connectivity index (χ1v) is 12.8. The Bertz CT molecular complexity index is 1580. The molecule has 0 saturated carbocycles. The van der Waals surface area contributed by atoms with E-state index in [1.807, 2.05) is 0 Å². The summed E-state index contributed by atoms with van der Waals surface area (Å²) < 4.78 is 64.3. The average molecular weight is 519 g/mol. The molecule has 12 nitrogen and oxygen atoms in total. The van der Waals surface area contributed by atoms with E-state index in [1.165, 1.54) is 37.3 Å². The van der Waals surface area contributed by atoms with Crippen LogP contribution >= 0.6 is 0 Å². The molecule has 2 amide bonds. The predicted molar refractivity (Wildman–Crippen MR) is 125 cm³/mol. The van der Waals surface area contributed by atoms with Gasteiger partial charge >= 0.3 is 0 Å². The molecule has 0 radical (unpaired) electrons. The highest BCUT2D eigenvalue weighted by Gasteiger charge is 2.37. The van der Waals surface area contributed by atoms with Crippen molar-refractivity contribution in [3.63, 3.8) is 0 Å². The Hall–Kier alpha value is -3.72. The molecule has 0 bridgehead atoms. The summed E-state index contributed by atoms with van der Waals surface area (Å²) in [5, 5.41) is 10.3. The fourth-order valence-corrected chi connectivity index (χ4v) is 4.60. The van der Waals surface area contributed by atoms with E-state index in [2.05, 4.69) is 10.2 Å². The zero-order valence-electron chi connectivity index (χ0n) is 18.2. The summed E-state index contributed by atoms with van der Waals surface area (Å²) in [5.41, 5.74) is 0.882. The van der Waals surface area contributed by atoms with E-state index in [4.69, 9.17) is 0 Å². The molecule has 2 aromatic carbocycles. The number of hydrogen-bond acceptors (Lipinski definition) is 8. The predicted octanol–water partition coefficient (Wildman–Crippen LogP) is 1.87. The van der Waals surface area contributed by atoms with E-state index in [1.54, 1.807) is 6.92 Å². The van der Waals surface area contributed by atoms with Crippen LogP contribution in [0.2, 0.25) is 0 Å². The maximum Gasteiger partial charge on any atom is 0.294 e. The van der Waals surface area contributed by atoms with Gasteiger partial charge in [0, 0.05) is 0 Å². The molecule has 1 atom stereocenters. The van der Waals surface area contributed by atoms with Gasteiger partial charge in [-0.25, -0.2) is 0 Å².